The van der Waals surface area contributed by atoms with Crippen LogP contribution in [0.4, 0.5) is 5.69 Å². The van der Waals surface area contributed by atoms with Gasteiger partial charge in [0.1, 0.15) is 7.05 Å². The maximum atomic E-state index is 2.53. The largest absolute Gasteiger partial charge is 0.405 e. The van der Waals surface area contributed by atoms with Crippen LogP contribution in [0.2, 0.25) is 0 Å². The van der Waals surface area contributed by atoms with Gasteiger partial charge in [-0.2, -0.15) is 0 Å². The van der Waals surface area contributed by atoms with E-state index in [4.69, 9.17) is 0 Å². The van der Waals surface area contributed by atoms with Crippen molar-refractivity contribution in [2.75, 3.05) is 11.9 Å². The lowest BCUT2D eigenvalue weighted by atomic mass is 9.51. The minimum Gasteiger partial charge on any atom is -0.405 e. The SMILES string of the molecule is CN1B(c2cc(C3CCCC3)c3ccccc3[n+]2C)C=C(C(C)(C)C)c2ccccc21. The summed E-state index contributed by atoms with van der Waals surface area (Å²) in [7, 11) is 4.50. The summed E-state index contributed by atoms with van der Waals surface area (Å²) in [6.07, 6.45) is 5.37. The molecule has 2 nitrogen and oxygen atoms in total. The zero-order chi connectivity index (χ0) is 21.8. The Bertz CT molecular complexity index is 1170. The molecule has 1 saturated carbocycles. The van der Waals surface area contributed by atoms with E-state index in [-0.39, 0.29) is 12.3 Å². The quantitative estimate of drug-likeness (QED) is 0.393. The van der Waals surface area contributed by atoms with Gasteiger partial charge in [0.2, 0.25) is 5.52 Å². The van der Waals surface area contributed by atoms with E-state index >= 15 is 0 Å². The van der Waals surface area contributed by atoms with Gasteiger partial charge in [0.05, 0.1) is 0 Å². The standard InChI is InChI=1S/C28H34BN2/c1-28(2,3)24-19-29(31(5)26-17-11-9-15-22(24)26)27-18-23(20-12-6-7-13-20)21-14-8-10-16-25(21)30(27)4/h8-11,14-20H,6-7,12-13H2,1-5H3/q+1. The molecule has 0 atom stereocenters. The number of aryl methyl sites for hydroxylation is 1. The molecule has 3 aromatic rings. The minimum absolute atomic E-state index is 0.0965. The van der Waals surface area contributed by atoms with Gasteiger partial charge in [-0.25, -0.2) is 4.57 Å². The van der Waals surface area contributed by atoms with Crippen LogP contribution in [-0.4, -0.2) is 13.9 Å². The van der Waals surface area contributed by atoms with Crippen molar-refractivity contribution in [3.8, 4) is 0 Å². The fraction of sp³-hybridized carbons (Fsp3) is 0.393. The number of pyridine rings is 1. The molecule has 3 heteroatoms. The first-order chi connectivity index (χ1) is 14.9. The molecule has 0 radical (unpaired) electrons. The van der Waals surface area contributed by atoms with E-state index < -0.39 is 0 Å². The molecular weight excluding hydrogens is 375 g/mol. The molecular formula is C28H34BN2+. The lowest BCUT2D eigenvalue weighted by Gasteiger charge is -2.36. The van der Waals surface area contributed by atoms with Gasteiger partial charge in [0.15, 0.2) is 5.59 Å². The molecule has 0 bridgehead atoms. The average molecular weight is 409 g/mol. The molecule has 0 N–H and O–H groups in total. The van der Waals surface area contributed by atoms with Gasteiger partial charge in [-0.3, -0.25) is 0 Å². The first kappa shape index (κ1) is 20.4. The molecule has 5 rings (SSSR count). The average Bonchev–Trinajstić information content (AvgIpc) is 3.29. The second-order valence-corrected chi connectivity index (χ2v) is 10.5. The first-order valence-corrected chi connectivity index (χ1v) is 11.8. The monoisotopic (exact) mass is 409 g/mol. The van der Waals surface area contributed by atoms with Crippen LogP contribution in [0.25, 0.3) is 16.5 Å². The molecule has 1 aromatic heterocycles. The van der Waals surface area contributed by atoms with Gasteiger partial charge < -0.3 is 4.81 Å². The number of para-hydroxylation sites is 2. The highest BCUT2D eigenvalue weighted by molar-refractivity contribution is 6.81. The van der Waals surface area contributed by atoms with Crippen molar-refractivity contribution in [1.29, 1.82) is 0 Å². The van der Waals surface area contributed by atoms with Crippen molar-refractivity contribution in [3.05, 3.63) is 71.7 Å². The van der Waals surface area contributed by atoms with Gasteiger partial charge >= 0.3 is 6.85 Å². The van der Waals surface area contributed by atoms with Crippen LogP contribution in [0.1, 0.15) is 63.5 Å². The third-order valence-electron chi connectivity index (χ3n) is 7.49. The zero-order valence-corrected chi connectivity index (χ0v) is 19.7. The summed E-state index contributed by atoms with van der Waals surface area (Å²) in [5, 5.41) is 1.43. The maximum Gasteiger partial charge on any atom is 0.396 e. The summed E-state index contributed by atoms with van der Waals surface area (Å²) in [4.78, 5) is 2.47. The van der Waals surface area contributed by atoms with Crippen LogP contribution in [0.3, 0.4) is 0 Å². The van der Waals surface area contributed by atoms with Gasteiger partial charge in [-0.05, 0) is 60.1 Å². The number of nitrogens with zero attached hydrogens (tertiary/aromatic N) is 2. The second kappa shape index (κ2) is 7.55. The van der Waals surface area contributed by atoms with E-state index in [1.165, 1.54) is 59.0 Å². The van der Waals surface area contributed by atoms with Gasteiger partial charge in [0, 0.05) is 23.2 Å². The number of hydrogen-bond donors (Lipinski definition) is 0. The fourth-order valence-electron chi connectivity index (χ4n) is 5.80. The smallest absolute Gasteiger partial charge is 0.396 e. The van der Waals surface area contributed by atoms with E-state index in [1.54, 1.807) is 5.56 Å². The Morgan fingerprint density at radius 3 is 2.39 bits per heavy atom. The van der Waals surface area contributed by atoms with Crippen LogP contribution in [0.5, 0.6) is 0 Å². The van der Waals surface area contributed by atoms with Crippen molar-refractivity contribution >= 4 is 34.6 Å². The molecule has 2 aromatic carbocycles. The highest BCUT2D eigenvalue weighted by atomic mass is 15.1. The molecule has 1 fully saturated rings. The van der Waals surface area contributed by atoms with E-state index in [2.05, 4.69) is 105 Å². The summed E-state index contributed by atoms with van der Waals surface area (Å²) >= 11 is 0. The highest BCUT2D eigenvalue weighted by Crippen LogP contribution is 2.42. The molecule has 2 aliphatic rings. The minimum atomic E-state index is 0.0965. The zero-order valence-electron chi connectivity index (χ0n) is 19.7. The Labute approximate surface area is 187 Å². The van der Waals surface area contributed by atoms with Crippen LogP contribution in [0, 0.1) is 5.41 Å². The maximum absolute atomic E-state index is 2.53. The topological polar surface area (TPSA) is 7.12 Å². The van der Waals surface area contributed by atoms with Crippen molar-refractivity contribution in [2.45, 2.75) is 52.4 Å². The Kier molecular flexibility index (Phi) is 4.96. The van der Waals surface area contributed by atoms with Crippen LogP contribution < -0.4 is 15.0 Å². The molecule has 0 saturated heterocycles. The predicted octanol–water partition coefficient (Wildman–Crippen LogP) is 5.64. The van der Waals surface area contributed by atoms with Crippen molar-refractivity contribution < 1.29 is 4.57 Å². The summed E-state index contributed by atoms with van der Waals surface area (Å²) in [6, 6.07) is 20.4. The van der Waals surface area contributed by atoms with Gasteiger partial charge in [-0.15, -0.1) is 0 Å². The predicted molar refractivity (Wildman–Crippen MR) is 134 cm³/mol. The number of allylic oxidation sites excluding steroid dienone is 1. The lowest BCUT2D eigenvalue weighted by molar-refractivity contribution is -0.627. The normalized spacial score (nSPS) is 17.3. The van der Waals surface area contributed by atoms with Gasteiger partial charge in [-0.1, -0.05) is 69.9 Å². The highest BCUT2D eigenvalue weighted by Gasteiger charge is 2.38. The van der Waals surface area contributed by atoms with Crippen LogP contribution in [-0.2, 0) is 7.05 Å². The number of fused-ring (bicyclic) bond motifs is 2. The van der Waals surface area contributed by atoms with E-state index in [0.717, 1.165) is 0 Å². The first-order valence-electron chi connectivity index (χ1n) is 11.8. The summed E-state index contributed by atoms with van der Waals surface area (Å²) in [5.41, 5.74) is 8.53. The van der Waals surface area contributed by atoms with E-state index in [9.17, 15) is 0 Å². The number of anilines is 1. The summed E-state index contributed by atoms with van der Waals surface area (Å²) in [5.74, 6) is 3.21. The number of hydrogen-bond acceptors (Lipinski definition) is 1. The molecule has 158 valence electrons. The second-order valence-electron chi connectivity index (χ2n) is 10.5. The lowest BCUT2D eigenvalue weighted by Crippen LogP contribution is -2.61. The summed E-state index contributed by atoms with van der Waals surface area (Å²) < 4.78 is 2.43. The third-order valence-corrected chi connectivity index (χ3v) is 7.49. The summed E-state index contributed by atoms with van der Waals surface area (Å²) in [6.45, 7) is 7.23. The molecule has 2 heterocycles. The van der Waals surface area contributed by atoms with Crippen molar-refractivity contribution in [2.24, 2.45) is 12.5 Å². The van der Waals surface area contributed by atoms with E-state index in [0.29, 0.717) is 5.92 Å². The number of benzene rings is 2. The third kappa shape index (κ3) is 3.39. The molecule has 31 heavy (non-hydrogen) atoms. The van der Waals surface area contributed by atoms with Crippen LogP contribution >= 0.6 is 0 Å². The Balaban J connectivity index is 1.74. The van der Waals surface area contributed by atoms with Crippen LogP contribution in [0.15, 0.2) is 60.6 Å². The molecule has 0 amide bonds. The fourth-order valence-corrected chi connectivity index (χ4v) is 5.80. The molecule has 0 unspecified atom stereocenters. The Morgan fingerprint density at radius 1 is 0.968 bits per heavy atom. The van der Waals surface area contributed by atoms with E-state index in [1.807, 2.05) is 0 Å². The molecule has 1 aliphatic carbocycles. The van der Waals surface area contributed by atoms with Crippen molar-refractivity contribution in [3.63, 3.8) is 0 Å². The van der Waals surface area contributed by atoms with Gasteiger partial charge in [0.25, 0.3) is 0 Å². The molecule has 1 aliphatic heterocycles. The number of aromatic nitrogens is 1. The van der Waals surface area contributed by atoms with Crippen molar-refractivity contribution in [1.82, 2.24) is 0 Å². The number of rotatable bonds is 2. The molecule has 0 spiro atoms. The Hall–Kier alpha value is -2.55. The Morgan fingerprint density at radius 2 is 1.65 bits per heavy atom.